The summed E-state index contributed by atoms with van der Waals surface area (Å²) in [4.78, 5) is 11.2. The second kappa shape index (κ2) is 5.08. The van der Waals surface area contributed by atoms with Crippen molar-refractivity contribution < 1.29 is 14.3 Å². The molecule has 1 aliphatic heterocycles. The van der Waals surface area contributed by atoms with Crippen molar-refractivity contribution in [1.29, 1.82) is 0 Å². The third-order valence-electron chi connectivity index (χ3n) is 3.08. The van der Waals surface area contributed by atoms with E-state index in [4.69, 9.17) is 9.47 Å². The van der Waals surface area contributed by atoms with Gasteiger partial charge in [-0.3, -0.25) is 4.79 Å². The van der Waals surface area contributed by atoms with Gasteiger partial charge in [0.05, 0.1) is 13.7 Å². The molecule has 1 unspecified atom stereocenters. The molecule has 0 radical (unpaired) electrons. The number of rotatable bonds is 2. The van der Waals surface area contributed by atoms with E-state index in [1.54, 1.807) is 0 Å². The number of ether oxygens (including phenoxy) is 2. The fraction of sp³-hybridized carbons (Fsp3) is 0.462. The van der Waals surface area contributed by atoms with Crippen LogP contribution in [0.3, 0.4) is 0 Å². The van der Waals surface area contributed by atoms with Gasteiger partial charge < -0.3 is 9.47 Å². The Hall–Kier alpha value is -1.03. The molecular weight excluding hydrogens is 284 g/mol. The van der Waals surface area contributed by atoms with Gasteiger partial charge in [0.15, 0.2) is 0 Å². The van der Waals surface area contributed by atoms with E-state index in [1.165, 1.54) is 7.11 Å². The number of methoxy groups -OCH3 is 1. The van der Waals surface area contributed by atoms with Gasteiger partial charge in [0.1, 0.15) is 10.6 Å². The van der Waals surface area contributed by atoms with Crippen LogP contribution in [0.25, 0.3) is 0 Å². The van der Waals surface area contributed by atoms with Gasteiger partial charge in [-0.2, -0.15) is 0 Å². The molecule has 3 nitrogen and oxygen atoms in total. The minimum atomic E-state index is -0.424. The molecular formula is C13H15BrO3. The number of benzene rings is 1. The smallest absolute Gasteiger partial charge is 0.324 e. The number of alkyl halides is 1. The highest BCUT2D eigenvalue weighted by Gasteiger charge is 2.27. The van der Waals surface area contributed by atoms with E-state index in [0.717, 1.165) is 29.9 Å². The van der Waals surface area contributed by atoms with Crippen molar-refractivity contribution >= 4 is 21.9 Å². The number of halogens is 1. The number of hydrogen-bond donors (Lipinski definition) is 0. The van der Waals surface area contributed by atoms with Gasteiger partial charge in [0.2, 0.25) is 0 Å². The monoisotopic (exact) mass is 298 g/mol. The second-order valence-electron chi connectivity index (χ2n) is 4.18. The lowest BCUT2D eigenvalue weighted by Crippen LogP contribution is -2.17. The molecule has 1 aliphatic rings. The van der Waals surface area contributed by atoms with E-state index < -0.39 is 4.83 Å². The van der Waals surface area contributed by atoms with Crippen LogP contribution >= 0.6 is 15.9 Å². The summed E-state index contributed by atoms with van der Waals surface area (Å²) in [5.74, 6) is 1.01. The molecule has 0 spiro atoms. The first-order chi connectivity index (χ1) is 8.15. The summed E-state index contributed by atoms with van der Waals surface area (Å²) < 4.78 is 10.4. The topological polar surface area (TPSA) is 35.5 Å². The average Bonchev–Trinajstić information content (AvgIpc) is 2.36. The number of fused-ring (bicyclic) bond motifs is 1. The van der Waals surface area contributed by atoms with Crippen molar-refractivity contribution in [3.63, 3.8) is 0 Å². The maximum Gasteiger partial charge on any atom is 0.324 e. The van der Waals surface area contributed by atoms with Crippen molar-refractivity contribution in [2.75, 3.05) is 13.7 Å². The summed E-state index contributed by atoms with van der Waals surface area (Å²) >= 11 is 3.39. The fourth-order valence-electron chi connectivity index (χ4n) is 2.16. The summed E-state index contributed by atoms with van der Waals surface area (Å²) in [6.07, 6.45) is 0.977. The zero-order chi connectivity index (χ0) is 12.4. The van der Waals surface area contributed by atoms with Gasteiger partial charge in [0.25, 0.3) is 0 Å². The van der Waals surface area contributed by atoms with E-state index in [-0.39, 0.29) is 5.97 Å². The fourth-order valence-corrected chi connectivity index (χ4v) is 2.74. The quantitative estimate of drug-likeness (QED) is 0.621. The van der Waals surface area contributed by atoms with E-state index in [1.807, 2.05) is 18.2 Å². The van der Waals surface area contributed by atoms with Gasteiger partial charge in [-0.1, -0.05) is 35.0 Å². The summed E-state index contributed by atoms with van der Waals surface area (Å²) in [5.41, 5.74) is 2.06. The van der Waals surface area contributed by atoms with Gasteiger partial charge >= 0.3 is 5.97 Å². The molecule has 0 aliphatic carbocycles. The molecule has 0 aromatic heterocycles. The van der Waals surface area contributed by atoms with Crippen LogP contribution in [0.5, 0.6) is 5.75 Å². The summed E-state index contributed by atoms with van der Waals surface area (Å²) in [7, 11) is 1.39. The Labute approximate surface area is 109 Å². The van der Waals surface area contributed by atoms with E-state index >= 15 is 0 Å². The van der Waals surface area contributed by atoms with Gasteiger partial charge in [0, 0.05) is 5.56 Å². The Morgan fingerprint density at radius 2 is 2.35 bits per heavy atom. The van der Waals surface area contributed by atoms with Crippen molar-refractivity contribution in [2.45, 2.75) is 24.1 Å². The molecule has 0 fully saturated rings. The SMILES string of the molecule is COC(=O)C(Br)c1cccc2c1[C@H](C)CCO2. The molecule has 2 rings (SSSR count). The summed E-state index contributed by atoms with van der Waals surface area (Å²) in [6.45, 7) is 2.89. The van der Waals surface area contributed by atoms with Crippen molar-refractivity contribution in [3.05, 3.63) is 29.3 Å². The summed E-state index contributed by atoms with van der Waals surface area (Å²) in [5, 5.41) is 0. The number of esters is 1. The van der Waals surface area contributed by atoms with Crippen LogP contribution in [0, 0.1) is 0 Å². The Kier molecular flexibility index (Phi) is 3.72. The Balaban J connectivity index is 2.44. The number of carbonyl (C=O) groups is 1. The number of carbonyl (C=O) groups excluding carboxylic acids is 1. The molecule has 1 heterocycles. The second-order valence-corrected chi connectivity index (χ2v) is 5.10. The van der Waals surface area contributed by atoms with E-state index in [9.17, 15) is 4.79 Å². The molecule has 17 heavy (non-hydrogen) atoms. The summed E-state index contributed by atoms with van der Waals surface area (Å²) in [6, 6.07) is 5.80. The Morgan fingerprint density at radius 1 is 1.59 bits per heavy atom. The maximum absolute atomic E-state index is 11.6. The first-order valence-corrected chi connectivity index (χ1v) is 6.54. The standard InChI is InChI=1S/C13H15BrO3/c1-8-6-7-17-10-5-3-4-9(11(8)10)12(14)13(15)16-2/h3-5,8,12H,6-7H2,1-2H3/t8-,12?/m1/s1. The molecule has 0 saturated heterocycles. The molecule has 4 heteroatoms. The molecule has 0 N–H and O–H groups in total. The van der Waals surface area contributed by atoms with Crippen LogP contribution in [0.4, 0.5) is 0 Å². The predicted molar refractivity (Wildman–Crippen MR) is 68.7 cm³/mol. The van der Waals surface area contributed by atoms with Crippen LogP contribution in [-0.4, -0.2) is 19.7 Å². The molecule has 0 saturated carbocycles. The molecule has 2 atom stereocenters. The normalized spacial score (nSPS) is 20.1. The first-order valence-electron chi connectivity index (χ1n) is 5.62. The maximum atomic E-state index is 11.6. The van der Waals surface area contributed by atoms with Crippen LogP contribution in [0.15, 0.2) is 18.2 Å². The third kappa shape index (κ3) is 2.32. The van der Waals surface area contributed by atoms with Crippen LogP contribution in [0.1, 0.15) is 35.2 Å². The average molecular weight is 299 g/mol. The third-order valence-corrected chi connectivity index (χ3v) is 3.95. The molecule has 1 aromatic rings. The molecule has 0 amide bonds. The highest BCUT2D eigenvalue weighted by atomic mass is 79.9. The zero-order valence-electron chi connectivity index (χ0n) is 9.90. The van der Waals surface area contributed by atoms with Gasteiger partial charge in [-0.15, -0.1) is 0 Å². The van der Waals surface area contributed by atoms with Crippen LogP contribution in [-0.2, 0) is 9.53 Å². The van der Waals surface area contributed by atoms with E-state index in [0.29, 0.717) is 5.92 Å². The molecule has 1 aromatic carbocycles. The highest BCUT2D eigenvalue weighted by Crippen LogP contribution is 2.40. The zero-order valence-corrected chi connectivity index (χ0v) is 11.5. The lowest BCUT2D eigenvalue weighted by Gasteiger charge is -2.26. The Morgan fingerprint density at radius 3 is 3.06 bits per heavy atom. The van der Waals surface area contributed by atoms with Crippen molar-refractivity contribution in [3.8, 4) is 5.75 Å². The van der Waals surface area contributed by atoms with E-state index in [2.05, 4.69) is 22.9 Å². The number of hydrogen-bond acceptors (Lipinski definition) is 3. The van der Waals surface area contributed by atoms with Gasteiger partial charge in [-0.05, 0) is 24.0 Å². The minimum absolute atomic E-state index is 0.281. The van der Waals surface area contributed by atoms with Gasteiger partial charge in [-0.25, -0.2) is 0 Å². The van der Waals surface area contributed by atoms with Crippen molar-refractivity contribution in [1.82, 2.24) is 0 Å². The highest BCUT2D eigenvalue weighted by molar-refractivity contribution is 9.09. The van der Waals surface area contributed by atoms with Crippen LogP contribution in [0.2, 0.25) is 0 Å². The predicted octanol–water partition coefficient (Wildman–Crippen LogP) is 3.18. The lowest BCUT2D eigenvalue weighted by molar-refractivity contribution is -0.139. The minimum Gasteiger partial charge on any atom is -0.493 e. The molecule has 0 bridgehead atoms. The molecule has 92 valence electrons. The lowest BCUT2D eigenvalue weighted by atomic mass is 9.89. The van der Waals surface area contributed by atoms with Crippen LogP contribution < -0.4 is 4.74 Å². The largest absolute Gasteiger partial charge is 0.493 e. The Bertz CT molecular complexity index is 431. The first kappa shape index (κ1) is 12.4. The van der Waals surface area contributed by atoms with Crippen molar-refractivity contribution in [2.24, 2.45) is 0 Å².